The highest BCUT2D eigenvalue weighted by molar-refractivity contribution is 7.92. The standard InChI is InChI=1S/C28H28ClN5O4S2/c1-16-13-20(17(2)33(16)23-14-18(29)8-11-24(23)35)27-26(22-7-5-6-12-30-22)31-28(39)34(27)19-9-10-21(25(15-19)38-3)32-40(4,36)37/h5-15,26-27,32,35H,1-4H3,(H,31,39)/t26-,27+/m1/s1. The second-order valence-corrected chi connectivity index (χ2v) is 12.1. The van der Waals surface area contributed by atoms with Gasteiger partial charge in [0.25, 0.3) is 0 Å². The summed E-state index contributed by atoms with van der Waals surface area (Å²) in [5.74, 6) is 0.453. The number of nitrogens with one attached hydrogen (secondary N) is 2. The van der Waals surface area contributed by atoms with Crippen LogP contribution in [0.25, 0.3) is 5.69 Å². The van der Waals surface area contributed by atoms with E-state index in [-0.39, 0.29) is 17.8 Å². The fourth-order valence-corrected chi connectivity index (χ4v) is 6.28. The molecule has 0 aliphatic carbocycles. The number of halogens is 1. The van der Waals surface area contributed by atoms with Crippen molar-refractivity contribution in [2.45, 2.75) is 25.9 Å². The Morgan fingerprint density at radius 2 is 1.90 bits per heavy atom. The largest absolute Gasteiger partial charge is 0.506 e. The minimum atomic E-state index is -3.51. The normalized spacial score (nSPS) is 17.1. The van der Waals surface area contributed by atoms with Gasteiger partial charge in [0.15, 0.2) is 5.11 Å². The summed E-state index contributed by atoms with van der Waals surface area (Å²) in [5.41, 5.74) is 5.13. The minimum Gasteiger partial charge on any atom is -0.506 e. The first-order chi connectivity index (χ1) is 19.0. The molecule has 1 saturated heterocycles. The number of thiocarbonyl (C=S) groups is 1. The molecule has 3 heterocycles. The maximum absolute atomic E-state index is 11.9. The molecule has 208 valence electrons. The predicted octanol–water partition coefficient (Wildman–Crippen LogP) is 5.41. The number of aryl methyl sites for hydroxylation is 1. The Balaban J connectivity index is 1.68. The van der Waals surface area contributed by atoms with Gasteiger partial charge in [-0.25, -0.2) is 8.42 Å². The second kappa shape index (κ2) is 10.6. The van der Waals surface area contributed by atoms with Crippen molar-refractivity contribution in [2.24, 2.45) is 0 Å². The van der Waals surface area contributed by atoms with Crippen molar-refractivity contribution < 1.29 is 18.3 Å². The van der Waals surface area contributed by atoms with E-state index in [1.165, 1.54) is 7.11 Å². The fraction of sp³-hybridized carbons (Fsp3) is 0.214. The van der Waals surface area contributed by atoms with Crippen LogP contribution in [0, 0.1) is 13.8 Å². The van der Waals surface area contributed by atoms with Crippen LogP contribution in [0.5, 0.6) is 11.5 Å². The Labute approximate surface area is 243 Å². The van der Waals surface area contributed by atoms with Gasteiger partial charge in [0.1, 0.15) is 11.5 Å². The molecule has 1 aliphatic rings. The molecule has 2 atom stereocenters. The third kappa shape index (κ3) is 5.19. The Morgan fingerprint density at radius 1 is 1.12 bits per heavy atom. The lowest BCUT2D eigenvalue weighted by atomic mass is 9.96. The number of benzene rings is 2. The molecule has 2 aromatic heterocycles. The number of ether oxygens (including phenoxy) is 1. The molecule has 0 amide bonds. The van der Waals surface area contributed by atoms with Crippen molar-refractivity contribution in [3.63, 3.8) is 0 Å². The zero-order valence-corrected chi connectivity index (χ0v) is 24.6. The highest BCUT2D eigenvalue weighted by Crippen LogP contribution is 2.45. The molecule has 40 heavy (non-hydrogen) atoms. The van der Waals surface area contributed by atoms with E-state index in [1.54, 1.807) is 42.6 Å². The van der Waals surface area contributed by atoms with Gasteiger partial charge in [-0.1, -0.05) is 17.7 Å². The monoisotopic (exact) mass is 597 g/mol. The van der Waals surface area contributed by atoms with Gasteiger partial charge in [0.05, 0.1) is 42.5 Å². The number of anilines is 2. The van der Waals surface area contributed by atoms with Crippen LogP contribution in [-0.4, -0.2) is 41.6 Å². The van der Waals surface area contributed by atoms with E-state index in [1.807, 2.05) is 41.5 Å². The summed E-state index contributed by atoms with van der Waals surface area (Å²) in [6.07, 6.45) is 2.82. The molecule has 0 spiro atoms. The second-order valence-electron chi connectivity index (χ2n) is 9.55. The molecule has 0 bridgehead atoms. The lowest BCUT2D eigenvalue weighted by Crippen LogP contribution is -2.29. The maximum atomic E-state index is 11.9. The van der Waals surface area contributed by atoms with Gasteiger partial charge in [0.2, 0.25) is 10.0 Å². The first-order valence-electron chi connectivity index (χ1n) is 12.3. The van der Waals surface area contributed by atoms with Crippen molar-refractivity contribution in [2.75, 3.05) is 23.0 Å². The van der Waals surface area contributed by atoms with E-state index in [9.17, 15) is 13.5 Å². The van der Waals surface area contributed by atoms with E-state index in [2.05, 4.69) is 21.1 Å². The highest BCUT2D eigenvalue weighted by atomic mass is 35.5. The number of methoxy groups -OCH3 is 1. The van der Waals surface area contributed by atoms with Gasteiger partial charge in [0, 0.05) is 34.4 Å². The summed E-state index contributed by atoms with van der Waals surface area (Å²) >= 11 is 12.2. The fourth-order valence-electron chi connectivity index (χ4n) is 5.20. The summed E-state index contributed by atoms with van der Waals surface area (Å²) < 4.78 is 33.8. The van der Waals surface area contributed by atoms with Crippen LogP contribution in [0.2, 0.25) is 5.02 Å². The Morgan fingerprint density at radius 3 is 2.58 bits per heavy atom. The number of nitrogens with zero attached hydrogens (tertiary/aromatic N) is 3. The van der Waals surface area contributed by atoms with Crippen LogP contribution in [0.3, 0.4) is 0 Å². The summed E-state index contributed by atoms with van der Waals surface area (Å²) in [7, 11) is -2.04. The molecule has 0 radical (unpaired) electrons. The van der Waals surface area contributed by atoms with Gasteiger partial charge < -0.3 is 24.6 Å². The molecule has 9 nitrogen and oxygen atoms in total. The number of sulfonamides is 1. The number of aromatic nitrogens is 2. The molecule has 1 fully saturated rings. The van der Waals surface area contributed by atoms with Crippen LogP contribution in [0.15, 0.2) is 66.9 Å². The smallest absolute Gasteiger partial charge is 0.229 e. The minimum absolute atomic E-state index is 0.106. The summed E-state index contributed by atoms with van der Waals surface area (Å²) in [6.45, 7) is 3.95. The Bertz CT molecular complexity index is 1710. The number of aromatic hydroxyl groups is 1. The highest BCUT2D eigenvalue weighted by Gasteiger charge is 2.42. The van der Waals surface area contributed by atoms with Crippen LogP contribution < -0.4 is 19.7 Å². The van der Waals surface area contributed by atoms with Crippen molar-refractivity contribution in [1.29, 1.82) is 0 Å². The third-order valence-corrected chi connectivity index (χ3v) is 7.96. The zero-order chi connectivity index (χ0) is 28.8. The zero-order valence-electron chi connectivity index (χ0n) is 22.2. The van der Waals surface area contributed by atoms with E-state index < -0.39 is 10.0 Å². The first-order valence-corrected chi connectivity index (χ1v) is 15.0. The summed E-state index contributed by atoms with van der Waals surface area (Å²) in [5, 5.41) is 15.1. The average molecular weight is 598 g/mol. The molecule has 3 N–H and O–H groups in total. The number of pyridine rings is 1. The number of hydrogen-bond acceptors (Lipinski definition) is 6. The van der Waals surface area contributed by atoms with E-state index in [0.717, 1.165) is 28.9 Å². The molecule has 12 heteroatoms. The van der Waals surface area contributed by atoms with E-state index in [4.69, 9.17) is 28.6 Å². The van der Waals surface area contributed by atoms with Crippen molar-refractivity contribution in [1.82, 2.24) is 14.9 Å². The van der Waals surface area contributed by atoms with Crippen molar-refractivity contribution in [3.05, 3.63) is 94.5 Å². The molecule has 1 aliphatic heterocycles. The number of hydrogen-bond donors (Lipinski definition) is 3. The Hall–Kier alpha value is -3.80. The lowest BCUT2D eigenvalue weighted by molar-refractivity contribution is 0.417. The van der Waals surface area contributed by atoms with Crippen LogP contribution in [0.1, 0.15) is 34.7 Å². The number of rotatable bonds is 7. The molecule has 2 aromatic carbocycles. The molecule has 4 aromatic rings. The molecule has 0 saturated carbocycles. The first kappa shape index (κ1) is 27.8. The number of phenols is 1. The van der Waals surface area contributed by atoms with E-state index >= 15 is 0 Å². The van der Waals surface area contributed by atoms with Crippen molar-refractivity contribution in [3.8, 4) is 17.2 Å². The molecular formula is C28H28ClN5O4S2. The van der Waals surface area contributed by atoms with Gasteiger partial charge in [-0.2, -0.15) is 0 Å². The van der Waals surface area contributed by atoms with E-state index in [0.29, 0.717) is 32.9 Å². The molecule has 0 unspecified atom stereocenters. The summed E-state index contributed by atoms with van der Waals surface area (Å²) in [4.78, 5) is 6.59. The summed E-state index contributed by atoms with van der Waals surface area (Å²) in [6, 6.07) is 17.3. The van der Waals surface area contributed by atoms with Gasteiger partial charge in [-0.05, 0) is 80.2 Å². The third-order valence-electron chi connectivity index (χ3n) is 6.82. The SMILES string of the molecule is COc1cc(N2C(=S)N[C@H](c3ccccn3)[C@@H]2c2cc(C)n(-c3cc(Cl)ccc3O)c2C)ccc1NS(C)(=O)=O. The molecule has 5 rings (SSSR count). The Kier molecular flexibility index (Phi) is 7.38. The predicted molar refractivity (Wildman–Crippen MR) is 161 cm³/mol. The number of phenolic OH excluding ortho intramolecular Hbond substituents is 1. The van der Waals surface area contributed by atoms with Crippen LogP contribution >= 0.6 is 23.8 Å². The van der Waals surface area contributed by atoms with Gasteiger partial charge in [-0.15, -0.1) is 0 Å². The van der Waals surface area contributed by atoms with Crippen LogP contribution in [-0.2, 0) is 10.0 Å². The molecular weight excluding hydrogens is 570 g/mol. The average Bonchev–Trinajstić information content (AvgIpc) is 3.40. The maximum Gasteiger partial charge on any atom is 0.229 e. The quantitative estimate of drug-likeness (QED) is 0.243. The van der Waals surface area contributed by atoms with Gasteiger partial charge >= 0.3 is 0 Å². The lowest BCUT2D eigenvalue weighted by Gasteiger charge is -2.29. The van der Waals surface area contributed by atoms with Gasteiger partial charge in [-0.3, -0.25) is 9.71 Å². The topological polar surface area (TPSA) is 109 Å². The van der Waals surface area contributed by atoms with Crippen LogP contribution in [0.4, 0.5) is 11.4 Å². The van der Waals surface area contributed by atoms with Crippen molar-refractivity contribution >= 4 is 50.3 Å².